The largest absolute Gasteiger partial charge is 0.396 e. The summed E-state index contributed by atoms with van der Waals surface area (Å²) in [7, 11) is 0. The molecular formula is C10H9N5S. The molecule has 3 rings (SSSR count). The maximum absolute atomic E-state index is 5.86. The first-order chi connectivity index (χ1) is 7.74. The number of nitrogens with zero attached hydrogens (tertiary/aromatic N) is 4. The molecule has 3 aromatic heterocycles. The van der Waals surface area contributed by atoms with Crippen LogP contribution >= 0.6 is 11.3 Å². The highest BCUT2D eigenvalue weighted by molar-refractivity contribution is 7.20. The van der Waals surface area contributed by atoms with Crippen molar-refractivity contribution in [2.24, 2.45) is 0 Å². The zero-order valence-corrected chi connectivity index (χ0v) is 9.40. The molecule has 0 saturated heterocycles. The summed E-state index contributed by atoms with van der Waals surface area (Å²) >= 11 is 1.56. The number of rotatable bonds is 1. The molecule has 0 atom stereocenters. The Hall–Kier alpha value is -1.95. The van der Waals surface area contributed by atoms with Gasteiger partial charge in [0.05, 0.1) is 16.8 Å². The van der Waals surface area contributed by atoms with E-state index in [1.54, 1.807) is 23.7 Å². The topological polar surface area (TPSA) is 69.1 Å². The number of fused-ring (bicyclic) bond motifs is 1. The zero-order valence-electron chi connectivity index (χ0n) is 8.58. The Labute approximate surface area is 95.6 Å². The average molecular weight is 231 g/mol. The Bertz CT molecular complexity index is 626. The lowest BCUT2D eigenvalue weighted by Gasteiger charge is -2.01. The number of aromatic nitrogens is 4. The van der Waals surface area contributed by atoms with Crippen LogP contribution in [-0.2, 0) is 0 Å². The van der Waals surface area contributed by atoms with Gasteiger partial charge < -0.3 is 5.73 Å². The minimum atomic E-state index is 0.593. The van der Waals surface area contributed by atoms with Gasteiger partial charge in [-0.15, -0.1) is 0 Å². The van der Waals surface area contributed by atoms with Crippen molar-refractivity contribution >= 4 is 22.0 Å². The standard InChI is InChI=1S/C10H9N5S/c1-6-13-4-7(11)9(14-6)8-5-15-3-2-12-10(15)16-8/h2-5H,11H2,1H3. The quantitative estimate of drug-likeness (QED) is 0.692. The molecule has 0 bridgehead atoms. The van der Waals surface area contributed by atoms with Gasteiger partial charge in [0.15, 0.2) is 4.96 Å². The summed E-state index contributed by atoms with van der Waals surface area (Å²) in [6.45, 7) is 1.85. The van der Waals surface area contributed by atoms with Crippen molar-refractivity contribution in [3.8, 4) is 10.6 Å². The Kier molecular flexibility index (Phi) is 1.90. The van der Waals surface area contributed by atoms with Gasteiger partial charge in [-0.05, 0) is 6.92 Å². The summed E-state index contributed by atoms with van der Waals surface area (Å²) in [5.74, 6) is 0.718. The molecule has 0 aromatic carbocycles. The fourth-order valence-corrected chi connectivity index (χ4v) is 2.47. The lowest BCUT2D eigenvalue weighted by Crippen LogP contribution is -1.96. The van der Waals surface area contributed by atoms with Crippen LogP contribution in [-0.4, -0.2) is 19.4 Å². The zero-order chi connectivity index (χ0) is 11.1. The molecule has 3 heterocycles. The number of imidazole rings is 1. The van der Waals surface area contributed by atoms with E-state index in [0.29, 0.717) is 5.69 Å². The first kappa shape index (κ1) is 9.29. The van der Waals surface area contributed by atoms with Crippen LogP contribution in [0.2, 0.25) is 0 Å². The third-order valence-electron chi connectivity index (χ3n) is 2.26. The minimum Gasteiger partial charge on any atom is -0.396 e. The van der Waals surface area contributed by atoms with E-state index in [4.69, 9.17) is 5.73 Å². The molecule has 0 aliphatic carbocycles. The van der Waals surface area contributed by atoms with Gasteiger partial charge in [-0.25, -0.2) is 15.0 Å². The molecule has 0 aliphatic rings. The van der Waals surface area contributed by atoms with E-state index in [1.165, 1.54) is 0 Å². The van der Waals surface area contributed by atoms with Crippen molar-refractivity contribution < 1.29 is 0 Å². The lowest BCUT2D eigenvalue weighted by atomic mass is 10.3. The van der Waals surface area contributed by atoms with Crippen LogP contribution in [0.15, 0.2) is 24.8 Å². The summed E-state index contributed by atoms with van der Waals surface area (Å²) in [6.07, 6.45) is 7.29. The molecule has 0 amide bonds. The van der Waals surface area contributed by atoms with Crippen molar-refractivity contribution in [3.05, 3.63) is 30.6 Å². The second-order valence-electron chi connectivity index (χ2n) is 3.43. The molecular weight excluding hydrogens is 222 g/mol. The monoisotopic (exact) mass is 231 g/mol. The molecule has 0 saturated carbocycles. The summed E-state index contributed by atoms with van der Waals surface area (Å²) in [5.41, 5.74) is 7.24. The van der Waals surface area contributed by atoms with Crippen molar-refractivity contribution in [2.75, 3.05) is 5.73 Å². The predicted molar refractivity (Wildman–Crippen MR) is 63.2 cm³/mol. The molecule has 0 aliphatic heterocycles. The van der Waals surface area contributed by atoms with Crippen LogP contribution < -0.4 is 5.73 Å². The fraction of sp³-hybridized carbons (Fsp3) is 0.100. The van der Waals surface area contributed by atoms with E-state index in [1.807, 2.05) is 23.7 Å². The maximum atomic E-state index is 5.86. The number of aryl methyl sites for hydroxylation is 1. The number of hydrogen-bond acceptors (Lipinski definition) is 5. The molecule has 16 heavy (non-hydrogen) atoms. The number of nitrogens with two attached hydrogens (primary N) is 1. The predicted octanol–water partition coefficient (Wildman–Crippen LogP) is 1.74. The van der Waals surface area contributed by atoms with Gasteiger partial charge in [0.1, 0.15) is 11.5 Å². The smallest absolute Gasteiger partial charge is 0.194 e. The van der Waals surface area contributed by atoms with E-state index in [2.05, 4.69) is 15.0 Å². The second kappa shape index (κ2) is 3.28. The second-order valence-corrected chi connectivity index (χ2v) is 4.44. The van der Waals surface area contributed by atoms with Crippen LogP contribution in [0.3, 0.4) is 0 Å². The van der Waals surface area contributed by atoms with Crippen LogP contribution in [0.25, 0.3) is 15.5 Å². The molecule has 5 nitrogen and oxygen atoms in total. The molecule has 80 valence electrons. The normalized spacial score (nSPS) is 11.1. The van der Waals surface area contributed by atoms with E-state index in [-0.39, 0.29) is 0 Å². The van der Waals surface area contributed by atoms with Gasteiger partial charge in [-0.3, -0.25) is 4.40 Å². The molecule has 0 radical (unpaired) electrons. The van der Waals surface area contributed by atoms with Crippen LogP contribution in [0, 0.1) is 6.92 Å². The van der Waals surface area contributed by atoms with Crippen molar-refractivity contribution in [2.45, 2.75) is 6.92 Å². The van der Waals surface area contributed by atoms with Crippen molar-refractivity contribution in [3.63, 3.8) is 0 Å². The van der Waals surface area contributed by atoms with Gasteiger partial charge in [-0.2, -0.15) is 0 Å². The number of hydrogen-bond donors (Lipinski definition) is 1. The maximum Gasteiger partial charge on any atom is 0.194 e. The van der Waals surface area contributed by atoms with Crippen LogP contribution in [0.5, 0.6) is 0 Å². The highest BCUT2D eigenvalue weighted by Gasteiger charge is 2.10. The van der Waals surface area contributed by atoms with Crippen LogP contribution in [0.4, 0.5) is 5.69 Å². The van der Waals surface area contributed by atoms with E-state index < -0.39 is 0 Å². The van der Waals surface area contributed by atoms with Gasteiger partial charge in [0.2, 0.25) is 0 Å². The van der Waals surface area contributed by atoms with Gasteiger partial charge >= 0.3 is 0 Å². The van der Waals surface area contributed by atoms with Crippen LogP contribution in [0.1, 0.15) is 5.82 Å². The van der Waals surface area contributed by atoms with Gasteiger partial charge in [-0.1, -0.05) is 11.3 Å². The fourth-order valence-electron chi connectivity index (χ4n) is 1.51. The minimum absolute atomic E-state index is 0.593. The Morgan fingerprint density at radius 2 is 2.25 bits per heavy atom. The third-order valence-corrected chi connectivity index (χ3v) is 3.28. The molecule has 6 heteroatoms. The van der Waals surface area contributed by atoms with E-state index in [9.17, 15) is 0 Å². The van der Waals surface area contributed by atoms with Crippen molar-refractivity contribution in [1.29, 1.82) is 0 Å². The highest BCUT2D eigenvalue weighted by atomic mass is 32.1. The average Bonchev–Trinajstić information content (AvgIpc) is 2.81. The lowest BCUT2D eigenvalue weighted by molar-refractivity contribution is 1.06. The third kappa shape index (κ3) is 1.35. The first-order valence-corrected chi connectivity index (χ1v) is 5.57. The molecule has 0 spiro atoms. The van der Waals surface area contributed by atoms with E-state index in [0.717, 1.165) is 21.4 Å². The molecule has 0 unspecified atom stereocenters. The summed E-state index contributed by atoms with van der Waals surface area (Å²) in [6, 6.07) is 0. The van der Waals surface area contributed by atoms with Crippen molar-refractivity contribution in [1.82, 2.24) is 19.4 Å². The Morgan fingerprint density at radius 1 is 1.38 bits per heavy atom. The van der Waals surface area contributed by atoms with Gasteiger partial charge in [0.25, 0.3) is 0 Å². The Balaban J connectivity index is 2.22. The highest BCUT2D eigenvalue weighted by Crippen LogP contribution is 2.29. The molecule has 0 fully saturated rings. The summed E-state index contributed by atoms with van der Waals surface area (Å²) in [4.78, 5) is 14.6. The number of nitrogen functional groups attached to an aromatic ring is 1. The van der Waals surface area contributed by atoms with E-state index >= 15 is 0 Å². The summed E-state index contributed by atoms with van der Waals surface area (Å²) < 4.78 is 1.96. The molecule has 2 N–H and O–H groups in total. The SMILES string of the molecule is Cc1ncc(N)c(-c2cn3ccnc3s2)n1. The number of anilines is 1. The summed E-state index contributed by atoms with van der Waals surface area (Å²) in [5, 5.41) is 0. The number of thiazole rings is 1. The van der Waals surface area contributed by atoms with Gasteiger partial charge in [0, 0.05) is 18.6 Å². The Morgan fingerprint density at radius 3 is 3.06 bits per heavy atom. The molecule has 3 aromatic rings. The first-order valence-electron chi connectivity index (χ1n) is 4.76.